The number of hydrogen-bond donors (Lipinski definition) is 2. The third-order valence-corrected chi connectivity index (χ3v) is 3.78. The van der Waals surface area contributed by atoms with Gasteiger partial charge in [-0.15, -0.1) is 12.4 Å². The van der Waals surface area contributed by atoms with Crippen LogP contribution < -0.4 is 5.73 Å². The third-order valence-electron chi connectivity index (χ3n) is 3.54. The fraction of sp³-hybridized carbons (Fsp3) is 0.125. The number of benzene rings is 2. The van der Waals surface area contributed by atoms with E-state index < -0.39 is 11.7 Å². The van der Waals surface area contributed by atoms with Crippen molar-refractivity contribution in [3.63, 3.8) is 0 Å². The minimum atomic E-state index is -4.44. The lowest BCUT2D eigenvalue weighted by atomic mass is 9.96. The minimum absolute atomic E-state index is 0. The smallest absolute Gasteiger partial charge is 0.357 e. The number of nitrogens with one attached hydrogen (secondary N) is 1. The van der Waals surface area contributed by atoms with Gasteiger partial charge in [-0.3, -0.25) is 0 Å². The number of aromatic amines is 1. The van der Waals surface area contributed by atoms with Crippen LogP contribution in [0.25, 0.3) is 22.0 Å². The van der Waals surface area contributed by atoms with Crippen LogP contribution in [0.2, 0.25) is 5.02 Å². The summed E-state index contributed by atoms with van der Waals surface area (Å²) in [5, 5.41) is 1.09. The maximum Gasteiger partial charge on any atom is 0.417 e. The minimum Gasteiger partial charge on any atom is -0.357 e. The van der Waals surface area contributed by atoms with Gasteiger partial charge < -0.3 is 10.7 Å². The fourth-order valence-electron chi connectivity index (χ4n) is 2.63. The Morgan fingerprint density at radius 3 is 2.43 bits per heavy atom. The monoisotopic (exact) mass is 360 g/mol. The molecule has 0 bridgehead atoms. The maximum atomic E-state index is 13.3. The molecule has 0 aliphatic carbocycles. The molecule has 0 aliphatic rings. The molecule has 2 aromatic carbocycles. The number of H-pyrrole nitrogens is 1. The highest BCUT2D eigenvalue weighted by atomic mass is 35.5. The molecule has 1 heterocycles. The summed E-state index contributed by atoms with van der Waals surface area (Å²) in [6.07, 6.45) is -4.44. The zero-order chi connectivity index (χ0) is 15.9. The summed E-state index contributed by atoms with van der Waals surface area (Å²) < 4.78 is 39.9. The molecule has 3 aromatic rings. The molecule has 1 aromatic heterocycles. The van der Waals surface area contributed by atoms with Gasteiger partial charge in [-0.25, -0.2) is 0 Å². The van der Waals surface area contributed by atoms with Gasteiger partial charge in [0, 0.05) is 33.7 Å². The molecule has 0 radical (unpaired) electrons. The lowest BCUT2D eigenvalue weighted by Gasteiger charge is -2.13. The van der Waals surface area contributed by atoms with Crippen molar-refractivity contribution < 1.29 is 13.2 Å². The van der Waals surface area contributed by atoms with Crippen molar-refractivity contribution in [3.8, 4) is 11.1 Å². The predicted octanol–water partition coefficient (Wildman–Crippen LogP) is 5.39. The molecule has 7 heteroatoms. The molecule has 122 valence electrons. The van der Waals surface area contributed by atoms with E-state index in [2.05, 4.69) is 4.98 Å². The number of nitrogens with two attached hydrogens (primary N) is 1. The van der Waals surface area contributed by atoms with Crippen molar-refractivity contribution in [2.24, 2.45) is 5.73 Å². The zero-order valence-corrected chi connectivity index (χ0v) is 13.3. The average molecular weight is 361 g/mol. The predicted molar refractivity (Wildman–Crippen MR) is 88.9 cm³/mol. The van der Waals surface area contributed by atoms with Gasteiger partial charge in [-0.1, -0.05) is 29.8 Å². The van der Waals surface area contributed by atoms with Crippen LogP contribution in [0.1, 0.15) is 11.3 Å². The summed E-state index contributed by atoms with van der Waals surface area (Å²) in [4.78, 5) is 3.07. The van der Waals surface area contributed by atoms with Crippen molar-refractivity contribution in [2.75, 3.05) is 0 Å². The summed E-state index contributed by atoms with van der Waals surface area (Å²) in [6, 6.07) is 10.5. The molecule has 2 nitrogen and oxygen atoms in total. The SMILES string of the molecule is Cl.NCc1[nH]c2ccc(Cl)cc2c1-c1ccccc1C(F)(F)F. The Morgan fingerprint density at radius 1 is 1.09 bits per heavy atom. The van der Waals surface area contributed by atoms with E-state index in [1.54, 1.807) is 24.3 Å². The Bertz CT molecular complexity index is 841. The van der Waals surface area contributed by atoms with E-state index in [9.17, 15) is 13.2 Å². The number of fused-ring (bicyclic) bond motifs is 1. The van der Waals surface area contributed by atoms with E-state index in [0.717, 1.165) is 6.07 Å². The Labute approximate surface area is 141 Å². The average Bonchev–Trinajstić information content (AvgIpc) is 2.84. The van der Waals surface area contributed by atoms with Gasteiger partial charge in [0.2, 0.25) is 0 Å². The van der Waals surface area contributed by atoms with Gasteiger partial charge in [-0.05, 0) is 29.8 Å². The maximum absolute atomic E-state index is 13.3. The number of aromatic nitrogens is 1. The molecule has 0 atom stereocenters. The summed E-state index contributed by atoms with van der Waals surface area (Å²) in [5.74, 6) is 0. The fourth-order valence-corrected chi connectivity index (χ4v) is 2.80. The first-order valence-electron chi connectivity index (χ1n) is 6.58. The summed E-state index contributed by atoms with van der Waals surface area (Å²) in [6.45, 7) is 0.105. The Morgan fingerprint density at radius 2 is 1.78 bits per heavy atom. The molecule has 3 rings (SSSR count). The van der Waals surface area contributed by atoms with E-state index in [1.807, 2.05) is 0 Å². The highest BCUT2D eigenvalue weighted by molar-refractivity contribution is 6.31. The van der Waals surface area contributed by atoms with E-state index in [1.165, 1.54) is 12.1 Å². The van der Waals surface area contributed by atoms with Crippen LogP contribution >= 0.6 is 24.0 Å². The van der Waals surface area contributed by atoms with Crippen molar-refractivity contribution in [3.05, 3.63) is 58.7 Å². The highest BCUT2D eigenvalue weighted by Crippen LogP contribution is 2.41. The summed E-state index contributed by atoms with van der Waals surface area (Å²) in [7, 11) is 0. The zero-order valence-electron chi connectivity index (χ0n) is 11.7. The van der Waals surface area contributed by atoms with Crippen LogP contribution in [0.4, 0.5) is 13.2 Å². The largest absolute Gasteiger partial charge is 0.417 e. The molecule has 0 aliphatic heterocycles. The molecule has 23 heavy (non-hydrogen) atoms. The second kappa shape index (κ2) is 6.43. The number of rotatable bonds is 2. The second-order valence-electron chi connectivity index (χ2n) is 4.92. The van der Waals surface area contributed by atoms with Crippen LogP contribution in [0.3, 0.4) is 0 Å². The Balaban J connectivity index is 0.00000192. The van der Waals surface area contributed by atoms with Gasteiger partial charge in [0.15, 0.2) is 0 Å². The van der Waals surface area contributed by atoms with Crippen molar-refractivity contribution >= 4 is 34.9 Å². The molecule has 0 unspecified atom stereocenters. The topological polar surface area (TPSA) is 41.8 Å². The van der Waals surface area contributed by atoms with E-state index >= 15 is 0 Å². The van der Waals surface area contributed by atoms with Gasteiger partial charge in [0.05, 0.1) is 5.56 Å². The normalized spacial score (nSPS) is 11.5. The molecule has 3 N–H and O–H groups in total. The van der Waals surface area contributed by atoms with Crippen molar-refractivity contribution in [2.45, 2.75) is 12.7 Å². The molecular weight excluding hydrogens is 348 g/mol. The van der Waals surface area contributed by atoms with Gasteiger partial charge >= 0.3 is 6.18 Å². The third kappa shape index (κ3) is 3.17. The van der Waals surface area contributed by atoms with E-state index in [0.29, 0.717) is 27.2 Å². The number of halogens is 5. The van der Waals surface area contributed by atoms with Crippen LogP contribution in [0.15, 0.2) is 42.5 Å². The quantitative estimate of drug-likeness (QED) is 0.632. The molecule has 0 fully saturated rings. The summed E-state index contributed by atoms with van der Waals surface area (Å²) >= 11 is 5.99. The molecule has 0 spiro atoms. The van der Waals surface area contributed by atoms with E-state index in [-0.39, 0.29) is 24.5 Å². The van der Waals surface area contributed by atoms with Crippen molar-refractivity contribution in [1.82, 2.24) is 4.98 Å². The van der Waals surface area contributed by atoms with Gasteiger partial charge in [0.25, 0.3) is 0 Å². The van der Waals surface area contributed by atoms with E-state index in [4.69, 9.17) is 17.3 Å². The molecular formula is C16H13Cl2F3N2. The lowest BCUT2D eigenvalue weighted by molar-refractivity contribution is -0.137. The first-order chi connectivity index (χ1) is 10.4. The van der Waals surface area contributed by atoms with Gasteiger partial charge in [-0.2, -0.15) is 13.2 Å². The lowest BCUT2D eigenvalue weighted by Crippen LogP contribution is -2.08. The highest BCUT2D eigenvalue weighted by Gasteiger charge is 2.34. The van der Waals surface area contributed by atoms with Gasteiger partial charge in [0.1, 0.15) is 0 Å². The van der Waals surface area contributed by atoms with Crippen LogP contribution in [-0.4, -0.2) is 4.98 Å². The van der Waals surface area contributed by atoms with Crippen LogP contribution in [0.5, 0.6) is 0 Å². The molecule has 0 amide bonds. The standard InChI is InChI=1S/C16H12ClF3N2.ClH/c17-9-5-6-13-11(7-9)15(14(8-21)22-13)10-3-1-2-4-12(10)16(18,19)20;/h1-7,22H,8,21H2;1H. The first kappa shape index (κ1) is 17.7. The number of alkyl halides is 3. The first-order valence-corrected chi connectivity index (χ1v) is 6.96. The Hall–Kier alpha value is -1.69. The molecule has 0 saturated carbocycles. The Kier molecular flexibility index (Phi) is 4.94. The van der Waals surface area contributed by atoms with Crippen LogP contribution in [-0.2, 0) is 12.7 Å². The summed E-state index contributed by atoms with van der Waals surface area (Å²) in [5.41, 5.74) is 6.82. The molecule has 0 saturated heterocycles. The van der Waals surface area contributed by atoms with Crippen LogP contribution in [0, 0.1) is 0 Å². The van der Waals surface area contributed by atoms with Crippen molar-refractivity contribution in [1.29, 1.82) is 0 Å². The number of hydrogen-bond acceptors (Lipinski definition) is 1. The second-order valence-corrected chi connectivity index (χ2v) is 5.35.